The predicted octanol–water partition coefficient (Wildman–Crippen LogP) is 2.27. The highest BCUT2D eigenvalue weighted by atomic mass is 16.6. The molecular weight excluding hydrogens is 412 g/mol. The van der Waals surface area contributed by atoms with Gasteiger partial charge < -0.3 is 25.1 Å². The Bertz CT molecular complexity index is 1390. The summed E-state index contributed by atoms with van der Waals surface area (Å²) in [6.45, 7) is 3.09. The van der Waals surface area contributed by atoms with E-state index in [1.165, 1.54) is 6.92 Å². The predicted molar refractivity (Wildman–Crippen MR) is 118 cm³/mol. The fourth-order valence-corrected chi connectivity index (χ4v) is 4.79. The molecule has 0 saturated carbocycles. The molecule has 9 nitrogen and oxygen atoms in total. The minimum Gasteiger partial charge on any atom is -0.457 e. The summed E-state index contributed by atoms with van der Waals surface area (Å²) in [6, 6.07) is 7.19. The van der Waals surface area contributed by atoms with E-state index in [1.54, 1.807) is 23.6 Å². The Balaban J connectivity index is 1.82. The molecule has 0 bridgehead atoms. The number of nitrogens with one attached hydrogen (secondary N) is 1. The van der Waals surface area contributed by atoms with E-state index in [4.69, 9.17) is 20.2 Å². The molecule has 5 rings (SSSR count). The summed E-state index contributed by atoms with van der Waals surface area (Å²) >= 11 is 0. The van der Waals surface area contributed by atoms with Crippen LogP contribution < -0.4 is 16.6 Å². The number of fused-ring (bicyclic) bond motifs is 5. The van der Waals surface area contributed by atoms with Crippen molar-refractivity contribution in [2.24, 2.45) is 0 Å². The average molecular weight is 434 g/mol. The fourth-order valence-electron chi connectivity index (χ4n) is 4.79. The first-order chi connectivity index (χ1) is 15.3. The second kappa shape index (κ2) is 6.81. The molecule has 1 aromatic carbocycles. The van der Waals surface area contributed by atoms with Gasteiger partial charge in [-0.3, -0.25) is 9.59 Å². The zero-order valence-electron chi connectivity index (χ0n) is 17.9. The number of nitrogens with two attached hydrogens (primary N) is 1. The van der Waals surface area contributed by atoms with Gasteiger partial charge in [-0.1, -0.05) is 6.92 Å². The number of anilines is 2. The third-order valence-corrected chi connectivity index (χ3v) is 6.25. The van der Waals surface area contributed by atoms with Crippen molar-refractivity contribution in [3.63, 3.8) is 0 Å². The van der Waals surface area contributed by atoms with Crippen molar-refractivity contribution < 1.29 is 19.1 Å². The molecule has 0 saturated heterocycles. The number of carbonyl (C=O) groups excluding carboxylic acids is 2. The molecule has 0 fully saturated rings. The molecule has 4 heterocycles. The number of rotatable bonds is 3. The van der Waals surface area contributed by atoms with Gasteiger partial charge in [0.15, 0.2) is 0 Å². The van der Waals surface area contributed by atoms with Gasteiger partial charge in [0.25, 0.3) is 5.56 Å². The van der Waals surface area contributed by atoms with Gasteiger partial charge in [0, 0.05) is 36.2 Å². The first kappa shape index (κ1) is 20.0. The summed E-state index contributed by atoms with van der Waals surface area (Å²) < 4.78 is 12.4. The number of benzene rings is 1. The van der Waals surface area contributed by atoms with Crippen LogP contribution in [0, 0.1) is 0 Å². The van der Waals surface area contributed by atoms with Crippen LogP contribution >= 0.6 is 0 Å². The molecule has 2 aliphatic heterocycles. The number of carbonyl (C=O) groups is 2. The molecule has 1 atom stereocenters. The summed E-state index contributed by atoms with van der Waals surface area (Å²) in [5.74, 6) is -1.31. The van der Waals surface area contributed by atoms with Gasteiger partial charge in [0.2, 0.25) is 5.60 Å². The average Bonchev–Trinajstić information content (AvgIpc) is 3.12. The van der Waals surface area contributed by atoms with Crippen LogP contribution in [0.25, 0.3) is 22.3 Å². The van der Waals surface area contributed by atoms with E-state index in [2.05, 4.69) is 5.32 Å². The molecule has 0 radical (unpaired) electrons. The fraction of sp³-hybridized carbons (Fsp3) is 0.304. The monoisotopic (exact) mass is 434 g/mol. The van der Waals surface area contributed by atoms with Gasteiger partial charge in [0.1, 0.15) is 6.61 Å². The normalized spacial score (nSPS) is 18.5. The number of hydrogen-bond donors (Lipinski definition) is 2. The van der Waals surface area contributed by atoms with Gasteiger partial charge >= 0.3 is 11.9 Å². The summed E-state index contributed by atoms with van der Waals surface area (Å²) in [4.78, 5) is 42.9. The summed E-state index contributed by atoms with van der Waals surface area (Å²) in [7, 11) is 1.81. The second-order valence-electron chi connectivity index (χ2n) is 8.00. The molecule has 0 amide bonds. The standard InChI is InChI=1S/C23H22N4O5/c1-4-23(32-11(2)28)16-8-18-20-14(9-27(18)21(29)15(16)10-31-22(23)30)19(25-3)13-7-12(24)5-6-17(13)26-20/h5-8H,4,9-10,24H2,1-3H3,(H,25,26)/t23-/m0/s1. The zero-order valence-corrected chi connectivity index (χ0v) is 17.9. The Morgan fingerprint density at radius 3 is 2.78 bits per heavy atom. The number of nitrogens with zero attached hydrogens (tertiary/aromatic N) is 2. The summed E-state index contributed by atoms with van der Waals surface area (Å²) in [5, 5.41) is 4.08. The van der Waals surface area contributed by atoms with Crippen LogP contribution in [0.3, 0.4) is 0 Å². The quantitative estimate of drug-likeness (QED) is 0.372. The maximum Gasteiger partial charge on any atom is 0.355 e. The van der Waals surface area contributed by atoms with Gasteiger partial charge in [-0.2, -0.15) is 0 Å². The molecule has 3 aromatic rings. The van der Waals surface area contributed by atoms with E-state index >= 15 is 0 Å². The molecule has 32 heavy (non-hydrogen) atoms. The minimum atomic E-state index is -1.66. The number of aromatic nitrogens is 2. The molecule has 164 valence electrons. The highest BCUT2D eigenvalue weighted by molar-refractivity contribution is 5.98. The lowest BCUT2D eigenvalue weighted by molar-refractivity contribution is -0.188. The van der Waals surface area contributed by atoms with Crippen LogP contribution in [0.1, 0.15) is 37.0 Å². The van der Waals surface area contributed by atoms with Crippen molar-refractivity contribution in [1.82, 2.24) is 9.55 Å². The summed E-state index contributed by atoms with van der Waals surface area (Å²) in [5.41, 5.74) is 8.94. The van der Waals surface area contributed by atoms with Crippen molar-refractivity contribution in [3.8, 4) is 11.4 Å². The lowest BCUT2D eigenvalue weighted by Gasteiger charge is -2.35. The Labute approximate surface area is 183 Å². The number of pyridine rings is 2. The van der Waals surface area contributed by atoms with Crippen molar-refractivity contribution in [3.05, 3.63) is 51.3 Å². The van der Waals surface area contributed by atoms with Crippen molar-refractivity contribution in [1.29, 1.82) is 0 Å². The van der Waals surface area contributed by atoms with Gasteiger partial charge in [-0.05, 0) is 30.7 Å². The number of nitrogen functional groups attached to an aromatic ring is 1. The topological polar surface area (TPSA) is 126 Å². The lowest BCUT2D eigenvalue weighted by Crippen LogP contribution is -2.47. The zero-order chi connectivity index (χ0) is 22.8. The van der Waals surface area contributed by atoms with Crippen LogP contribution in [0.2, 0.25) is 0 Å². The number of esters is 2. The molecule has 0 aliphatic carbocycles. The number of cyclic esters (lactones) is 1. The van der Waals surface area contributed by atoms with E-state index in [9.17, 15) is 14.4 Å². The lowest BCUT2D eigenvalue weighted by atomic mass is 9.85. The van der Waals surface area contributed by atoms with Gasteiger partial charge in [-0.25, -0.2) is 9.78 Å². The van der Waals surface area contributed by atoms with E-state index in [0.29, 0.717) is 34.7 Å². The highest BCUT2D eigenvalue weighted by Gasteiger charge is 2.50. The molecular formula is C23H22N4O5. The third-order valence-electron chi connectivity index (χ3n) is 6.25. The maximum absolute atomic E-state index is 13.5. The van der Waals surface area contributed by atoms with E-state index in [1.807, 2.05) is 19.2 Å². The number of hydrogen-bond acceptors (Lipinski definition) is 8. The molecule has 9 heteroatoms. The van der Waals surface area contributed by atoms with E-state index in [-0.39, 0.29) is 18.6 Å². The smallest absolute Gasteiger partial charge is 0.355 e. The Morgan fingerprint density at radius 1 is 1.31 bits per heavy atom. The van der Waals surface area contributed by atoms with Crippen LogP contribution in [0.4, 0.5) is 11.4 Å². The Hall–Kier alpha value is -3.88. The Morgan fingerprint density at radius 2 is 2.09 bits per heavy atom. The second-order valence-corrected chi connectivity index (χ2v) is 8.00. The molecule has 3 N–H and O–H groups in total. The molecule has 2 aliphatic rings. The third kappa shape index (κ3) is 2.57. The van der Waals surface area contributed by atoms with E-state index < -0.39 is 17.5 Å². The number of ether oxygens (including phenoxy) is 2. The first-order valence-electron chi connectivity index (χ1n) is 10.3. The molecule has 2 aromatic heterocycles. The van der Waals surface area contributed by atoms with Crippen molar-refractivity contribution in [2.45, 2.75) is 39.0 Å². The Kier molecular flexibility index (Phi) is 4.27. The van der Waals surface area contributed by atoms with Crippen molar-refractivity contribution >= 4 is 34.2 Å². The van der Waals surface area contributed by atoms with Crippen LogP contribution in [-0.4, -0.2) is 28.5 Å². The SMILES string of the molecule is CC[C@@]1(OC(C)=O)C(=O)OCc2c1cc1n(c2=O)Cc2c-1nc1ccc(N)cc1c2NC. The van der Waals surface area contributed by atoms with Gasteiger partial charge in [-0.15, -0.1) is 0 Å². The van der Waals surface area contributed by atoms with Crippen LogP contribution in [0.15, 0.2) is 29.1 Å². The van der Waals surface area contributed by atoms with Crippen LogP contribution in [-0.2, 0) is 37.8 Å². The van der Waals surface area contributed by atoms with Crippen molar-refractivity contribution in [2.75, 3.05) is 18.1 Å². The summed E-state index contributed by atoms with van der Waals surface area (Å²) in [6.07, 6.45) is 0.139. The maximum atomic E-state index is 13.5. The molecule has 0 unspecified atom stereocenters. The first-order valence-corrected chi connectivity index (χ1v) is 10.3. The van der Waals surface area contributed by atoms with Gasteiger partial charge in [0.05, 0.1) is 34.7 Å². The minimum absolute atomic E-state index is 0.139. The molecule has 0 spiro atoms. The van der Waals surface area contributed by atoms with E-state index in [0.717, 1.165) is 22.2 Å². The highest BCUT2D eigenvalue weighted by Crippen LogP contribution is 2.43. The van der Waals surface area contributed by atoms with Crippen LogP contribution in [0.5, 0.6) is 0 Å². The largest absolute Gasteiger partial charge is 0.457 e.